The van der Waals surface area contributed by atoms with Crippen LogP contribution in [0.4, 0.5) is 0 Å². The molecule has 1 aromatic carbocycles. The number of amides is 1. The number of hydrogen-bond acceptors (Lipinski definition) is 3. The summed E-state index contributed by atoms with van der Waals surface area (Å²) in [5, 5.41) is 3.35. The Balaban J connectivity index is 1.82. The third-order valence-electron chi connectivity index (χ3n) is 6.02. The van der Waals surface area contributed by atoms with Crippen LogP contribution in [0, 0.1) is 11.8 Å². The predicted molar refractivity (Wildman–Crippen MR) is 106 cm³/mol. The molecule has 5 heteroatoms. The second-order valence-electron chi connectivity index (χ2n) is 8.15. The maximum atomic E-state index is 12.5. The van der Waals surface area contributed by atoms with E-state index in [1.54, 1.807) is 7.11 Å². The van der Waals surface area contributed by atoms with Crippen molar-refractivity contribution in [2.45, 2.75) is 63.7 Å². The van der Waals surface area contributed by atoms with E-state index in [1.165, 1.54) is 12.0 Å². The van der Waals surface area contributed by atoms with Gasteiger partial charge in [-0.2, -0.15) is 0 Å². The van der Waals surface area contributed by atoms with Gasteiger partial charge < -0.3 is 14.8 Å². The molecule has 1 saturated carbocycles. The van der Waals surface area contributed by atoms with Gasteiger partial charge in [-0.25, -0.2) is 0 Å². The van der Waals surface area contributed by atoms with Gasteiger partial charge in [0, 0.05) is 35.9 Å². The number of rotatable bonds is 5. The van der Waals surface area contributed by atoms with Crippen LogP contribution in [0.3, 0.4) is 0 Å². The van der Waals surface area contributed by atoms with Crippen LogP contribution in [0.15, 0.2) is 28.7 Å². The number of methoxy groups -OCH3 is 1. The summed E-state index contributed by atoms with van der Waals surface area (Å²) in [6, 6.07) is 8.36. The molecule has 1 N–H and O–H groups in total. The first kappa shape index (κ1) is 19.8. The van der Waals surface area contributed by atoms with E-state index < -0.39 is 0 Å². The van der Waals surface area contributed by atoms with Gasteiger partial charge in [0.05, 0.1) is 18.8 Å². The Bertz CT molecular complexity index is 620. The fourth-order valence-corrected chi connectivity index (χ4v) is 4.86. The average molecular weight is 424 g/mol. The lowest BCUT2D eigenvalue weighted by atomic mass is 9.66. The van der Waals surface area contributed by atoms with Gasteiger partial charge in [-0.3, -0.25) is 4.79 Å². The predicted octanol–water partition coefficient (Wildman–Crippen LogP) is 4.63. The van der Waals surface area contributed by atoms with E-state index >= 15 is 0 Å². The first-order valence-corrected chi connectivity index (χ1v) is 10.4. The summed E-state index contributed by atoms with van der Waals surface area (Å²) in [6.45, 7) is 4.97. The van der Waals surface area contributed by atoms with Crippen LogP contribution in [0.1, 0.15) is 57.6 Å². The molecule has 1 saturated heterocycles. The molecule has 0 spiro atoms. The van der Waals surface area contributed by atoms with Crippen molar-refractivity contribution in [3.8, 4) is 0 Å². The fourth-order valence-electron chi connectivity index (χ4n) is 4.60. The smallest absolute Gasteiger partial charge is 0.222 e. The molecule has 1 heterocycles. The normalized spacial score (nSPS) is 34.2. The van der Waals surface area contributed by atoms with E-state index in [1.807, 2.05) is 0 Å². The molecule has 2 aliphatic rings. The molecule has 5 atom stereocenters. The average Bonchev–Trinajstić information content (AvgIpc) is 2.59. The molecule has 1 aliphatic carbocycles. The standard InChI is InChI=1S/C21H30BrNO3/c1-14-4-9-17-18(12-14)26-19(15-5-7-16(22)8-6-15)13-21(17,2)23-20(24)10-11-25-3/h5-8,14,17-19H,4,9-13H2,1-3H3,(H,23,24)/t14-,17-,18-,19-,21+/m1/s1. The third-order valence-corrected chi connectivity index (χ3v) is 6.55. The Kier molecular flexibility index (Phi) is 6.41. The molecule has 0 unspecified atom stereocenters. The minimum absolute atomic E-state index is 0.0161. The quantitative estimate of drug-likeness (QED) is 0.750. The van der Waals surface area contributed by atoms with Crippen LogP contribution in [-0.2, 0) is 14.3 Å². The van der Waals surface area contributed by atoms with Crippen LogP contribution >= 0.6 is 15.9 Å². The van der Waals surface area contributed by atoms with Gasteiger partial charge in [0.25, 0.3) is 0 Å². The molecule has 1 amide bonds. The lowest BCUT2D eigenvalue weighted by Gasteiger charge is -2.52. The summed E-state index contributed by atoms with van der Waals surface area (Å²) in [5.41, 5.74) is 0.938. The second-order valence-corrected chi connectivity index (χ2v) is 9.07. The van der Waals surface area contributed by atoms with E-state index in [4.69, 9.17) is 9.47 Å². The Morgan fingerprint density at radius 3 is 2.77 bits per heavy atom. The van der Waals surface area contributed by atoms with Crippen molar-refractivity contribution < 1.29 is 14.3 Å². The van der Waals surface area contributed by atoms with Gasteiger partial charge in [0.1, 0.15) is 0 Å². The van der Waals surface area contributed by atoms with Crippen LogP contribution in [0.2, 0.25) is 0 Å². The number of ether oxygens (including phenoxy) is 2. The minimum Gasteiger partial charge on any atom is -0.384 e. The number of carbonyl (C=O) groups is 1. The molecule has 2 fully saturated rings. The van der Waals surface area contributed by atoms with E-state index in [-0.39, 0.29) is 23.7 Å². The highest BCUT2D eigenvalue weighted by Crippen LogP contribution is 2.47. The zero-order chi connectivity index (χ0) is 18.7. The van der Waals surface area contributed by atoms with Crippen molar-refractivity contribution in [1.82, 2.24) is 5.32 Å². The Morgan fingerprint density at radius 1 is 1.35 bits per heavy atom. The molecule has 4 nitrogen and oxygen atoms in total. The number of benzene rings is 1. The lowest BCUT2D eigenvalue weighted by molar-refractivity contribution is -0.154. The van der Waals surface area contributed by atoms with Gasteiger partial charge >= 0.3 is 0 Å². The first-order chi connectivity index (χ1) is 12.4. The van der Waals surface area contributed by atoms with Crippen LogP contribution in [0.25, 0.3) is 0 Å². The summed E-state index contributed by atoms with van der Waals surface area (Å²) >= 11 is 3.50. The highest BCUT2D eigenvalue weighted by Gasteiger charge is 2.49. The SMILES string of the molecule is COCCC(=O)N[C@@]1(C)C[C@H](c2ccc(Br)cc2)O[C@@H]2C[C@H](C)CC[C@H]21. The maximum absolute atomic E-state index is 12.5. The minimum atomic E-state index is -0.244. The zero-order valence-electron chi connectivity index (χ0n) is 16.0. The van der Waals surface area contributed by atoms with Crippen molar-refractivity contribution in [1.29, 1.82) is 0 Å². The molecule has 1 aromatic rings. The van der Waals surface area contributed by atoms with Crippen molar-refractivity contribution in [3.05, 3.63) is 34.3 Å². The summed E-state index contributed by atoms with van der Waals surface area (Å²) < 4.78 is 12.7. The van der Waals surface area contributed by atoms with E-state index in [9.17, 15) is 4.79 Å². The molecule has 1 aliphatic heterocycles. The summed E-state index contributed by atoms with van der Waals surface area (Å²) in [6.07, 6.45) is 4.82. The molecule has 144 valence electrons. The van der Waals surface area contributed by atoms with Crippen molar-refractivity contribution in [2.24, 2.45) is 11.8 Å². The molecule has 0 radical (unpaired) electrons. The van der Waals surface area contributed by atoms with Gasteiger partial charge in [0.2, 0.25) is 5.91 Å². The van der Waals surface area contributed by atoms with E-state index in [2.05, 4.69) is 59.4 Å². The lowest BCUT2D eigenvalue weighted by Crippen LogP contribution is -2.60. The Labute approximate surface area is 165 Å². The number of carbonyl (C=O) groups excluding carboxylic acids is 1. The van der Waals surface area contributed by atoms with Gasteiger partial charge in [-0.15, -0.1) is 0 Å². The zero-order valence-corrected chi connectivity index (χ0v) is 17.6. The fraction of sp³-hybridized carbons (Fsp3) is 0.667. The highest BCUT2D eigenvalue weighted by molar-refractivity contribution is 9.10. The van der Waals surface area contributed by atoms with Crippen molar-refractivity contribution in [2.75, 3.05) is 13.7 Å². The van der Waals surface area contributed by atoms with E-state index in [0.717, 1.165) is 23.7 Å². The Hall–Kier alpha value is -0.910. The molecular weight excluding hydrogens is 394 g/mol. The number of nitrogens with one attached hydrogen (secondary N) is 1. The molecule has 3 rings (SSSR count). The second kappa shape index (κ2) is 8.41. The summed E-state index contributed by atoms with van der Waals surface area (Å²) in [7, 11) is 1.63. The number of hydrogen-bond donors (Lipinski definition) is 1. The summed E-state index contributed by atoms with van der Waals surface area (Å²) in [5.74, 6) is 1.12. The van der Waals surface area contributed by atoms with Gasteiger partial charge in [-0.1, -0.05) is 41.4 Å². The maximum Gasteiger partial charge on any atom is 0.222 e. The highest BCUT2D eigenvalue weighted by atomic mass is 79.9. The van der Waals surface area contributed by atoms with Crippen LogP contribution in [0.5, 0.6) is 0 Å². The van der Waals surface area contributed by atoms with E-state index in [0.29, 0.717) is 24.9 Å². The first-order valence-electron chi connectivity index (χ1n) is 9.62. The molecule has 26 heavy (non-hydrogen) atoms. The molecule has 0 aromatic heterocycles. The van der Waals surface area contributed by atoms with Crippen molar-refractivity contribution >= 4 is 21.8 Å². The van der Waals surface area contributed by atoms with Gasteiger partial charge in [-0.05, 0) is 43.4 Å². The summed E-state index contributed by atoms with van der Waals surface area (Å²) in [4.78, 5) is 12.5. The molecular formula is C21H30BrNO3. The molecule has 0 bridgehead atoms. The van der Waals surface area contributed by atoms with Crippen molar-refractivity contribution in [3.63, 3.8) is 0 Å². The topological polar surface area (TPSA) is 47.6 Å². The van der Waals surface area contributed by atoms with Gasteiger partial charge in [0.15, 0.2) is 0 Å². The largest absolute Gasteiger partial charge is 0.384 e. The monoisotopic (exact) mass is 423 g/mol. The van der Waals surface area contributed by atoms with Crippen LogP contribution in [-0.4, -0.2) is 31.3 Å². The Morgan fingerprint density at radius 2 is 2.08 bits per heavy atom. The number of fused-ring (bicyclic) bond motifs is 1. The third kappa shape index (κ3) is 4.49. The number of halogens is 1. The van der Waals surface area contributed by atoms with Crippen LogP contribution < -0.4 is 5.32 Å².